The maximum absolute atomic E-state index is 13.3. The number of hydrazone groups is 1. The van der Waals surface area contributed by atoms with Gasteiger partial charge in [0.1, 0.15) is 12.4 Å². The van der Waals surface area contributed by atoms with Gasteiger partial charge in [0.2, 0.25) is 0 Å². The summed E-state index contributed by atoms with van der Waals surface area (Å²) in [6.07, 6.45) is 1.78. The van der Waals surface area contributed by atoms with Gasteiger partial charge in [-0.15, -0.1) is 0 Å². The number of aryl methyl sites for hydroxylation is 1. The summed E-state index contributed by atoms with van der Waals surface area (Å²) in [5, 5.41) is 7.20. The summed E-state index contributed by atoms with van der Waals surface area (Å²) in [4.78, 5) is 26.2. The monoisotopic (exact) mass is 460 g/mol. The van der Waals surface area contributed by atoms with Crippen molar-refractivity contribution in [3.63, 3.8) is 0 Å². The van der Waals surface area contributed by atoms with Gasteiger partial charge in [-0.05, 0) is 54.5 Å². The molecule has 0 bridgehead atoms. The first-order valence-corrected chi connectivity index (χ1v) is 11.4. The third kappa shape index (κ3) is 4.49. The van der Waals surface area contributed by atoms with Crippen LogP contribution in [0, 0.1) is 6.92 Å². The van der Waals surface area contributed by atoms with Crippen molar-refractivity contribution in [3.8, 4) is 5.75 Å². The van der Waals surface area contributed by atoms with E-state index < -0.39 is 11.8 Å². The highest BCUT2D eigenvalue weighted by Crippen LogP contribution is 2.32. The number of imide groups is 1. The zero-order chi connectivity index (χ0) is 24.4. The first kappa shape index (κ1) is 22.3. The third-order valence-electron chi connectivity index (χ3n) is 6.01. The van der Waals surface area contributed by atoms with Crippen molar-refractivity contribution in [1.82, 2.24) is 5.01 Å². The van der Waals surface area contributed by atoms with Gasteiger partial charge in [0.25, 0.3) is 11.8 Å². The lowest BCUT2D eigenvalue weighted by Gasteiger charge is -2.13. The van der Waals surface area contributed by atoms with E-state index in [0.29, 0.717) is 29.2 Å². The van der Waals surface area contributed by atoms with E-state index in [1.807, 2.05) is 61.5 Å². The van der Waals surface area contributed by atoms with E-state index in [0.717, 1.165) is 26.9 Å². The second kappa shape index (κ2) is 9.39. The van der Waals surface area contributed by atoms with Crippen molar-refractivity contribution in [1.29, 1.82) is 0 Å². The number of nitrogens with zero attached hydrogens (tertiary/aromatic N) is 2. The smallest absolute Gasteiger partial charge is 0.283 e. The van der Waals surface area contributed by atoms with Crippen molar-refractivity contribution in [2.45, 2.75) is 20.5 Å². The second-order valence-corrected chi connectivity index (χ2v) is 8.50. The van der Waals surface area contributed by atoms with Gasteiger partial charge in [0.05, 0.1) is 11.3 Å². The van der Waals surface area contributed by atoms with E-state index in [1.54, 1.807) is 37.3 Å². The van der Waals surface area contributed by atoms with E-state index in [1.165, 1.54) is 5.56 Å². The molecule has 0 N–H and O–H groups in total. The van der Waals surface area contributed by atoms with Crippen molar-refractivity contribution in [2.24, 2.45) is 5.10 Å². The van der Waals surface area contributed by atoms with Crippen molar-refractivity contribution in [3.05, 3.63) is 119 Å². The van der Waals surface area contributed by atoms with E-state index in [4.69, 9.17) is 4.74 Å². The Morgan fingerprint density at radius 1 is 0.886 bits per heavy atom. The van der Waals surface area contributed by atoms with Crippen LogP contribution in [0.2, 0.25) is 0 Å². The van der Waals surface area contributed by atoms with E-state index in [9.17, 15) is 9.59 Å². The van der Waals surface area contributed by atoms with Crippen LogP contribution in [-0.2, 0) is 11.4 Å². The number of hydrogen-bond acceptors (Lipinski definition) is 4. The summed E-state index contributed by atoms with van der Waals surface area (Å²) in [7, 11) is 0. The van der Waals surface area contributed by atoms with E-state index in [2.05, 4.69) is 17.2 Å². The van der Waals surface area contributed by atoms with Gasteiger partial charge in [0, 0.05) is 11.1 Å². The highest BCUT2D eigenvalue weighted by atomic mass is 16.5. The lowest BCUT2D eigenvalue weighted by molar-refractivity contribution is -0.123. The summed E-state index contributed by atoms with van der Waals surface area (Å²) in [6.45, 7) is 4.18. The maximum Gasteiger partial charge on any atom is 0.283 e. The minimum Gasteiger partial charge on any atom is -0.488 e. The van der Waals surface area contributed by atoms with Gasteiger partial charge in [-0.25, -0.2) is 0 Å². The molecule has 35 heavy (non-hydrogen) atoms. The fraction of sp³-hybridized carbons (Fsp3) is 0.100. The lowest BCUT2D eigenvalue weighted by Crippen LogP contribution is -2.29. The predicted octanol–water partition coefficient (Wildman–Crippen LogP) is 6.17. The fourth-order valence-corrected chi connectivity index (χ4v) is 4.07. The Labute approximate surface area is 204 Å². The zero-order valence-electron chi connectivity index (χ0n) is 19.6. The molecule has 5 heteroatoms. The molecule has 5 nitrogen and oxygen atoms in total. The molecule has 0 saturated heterocycles. The molecular weight excluding hydrogens is 436 g/mol. The van der Waals surface area contributed by atoms with Crippen LogP contribution >= 0.6 is 0 Å². The van der Waals surface area contributed by atoms with Crippen LogP contribution in [0.5, 0.6) is 5.75 Å². The third-order valence-corrected chi connectivity index (χ3v) is 6.01. The minimum absolute atomic E-state index is 0.367. The number of ether oxygens (including phenoxy) is 1. The first-order chi connectivity index (χ1) is 17.0. The molecule has 0 radical (unpaired) electrons. The molecule has 4 aromatic carbocycles. The summed E-state index contributed by atoms with van der Waals surface area (Å²) < 4.78 is 6.22. The quantitative estimate of drug-likeness (QED) is 0.264. The molecule has 0 fully saturated rings. The number of fused-ring (bicyclic) bond motifs is 1. The Hall–Kier alpha value is -4.51. The molecule has 172 valence electrons. The molecule has 2 amide bonds. The Bertz CT molecular complexity index is 1490. The lowest BCUT2D eigenvalue weighted by atomic mass is 9.99. The number of carbonyl (C=O) groups excluding carboxylic acids is 2. The van der Waals surface area contributed by atoms with Crippen LogP contribution in [0.15, 0.2) is 102 Å². The first-order valence-electron chi connectivity index (χ1n) is 11.4. The van der Waals surface area contributed by atoms with Crippen LogP contribution < -0.4 is 4.74 Å². The Morgan fingerprint density at radius 3 is 2.37 bits per heavy atom. The van der Waals surface area contributed by atoms with Gasteiger partial charge < -0.3 is 4.74 Å². The second-order valence-electron chi connectivity index (χ2n) is 8.50. The average Bonchev–Trinajstić information content (AvgIpc) is 3.17. The van der Waals surface area contributed by atoms with Crippen LogP contribution in [0.3, 0.4) is 0 Å². The molecule has 4 aromatic rings. The van der Waals surface area contributed by atoms with Gasteiger partial charge >= 0.3 is 0 Å². The van der Waals surface area contributed by atoms with Crippen molar-refractivity contribution >= 4 is 34.4 Å². The molecule has 0 unspecified atom stereocenters. The molecule has 1 aliphatic heterocycles. The van der Waals surface area contributed by atoms with Crippen molar-refractivity contribution in [2.75, 3.05) is 0 Å². The Kier molecular flexibility index (Phi) is 5.98. The molecule has 1 heterocycles. The SMILES string of the molecule is CC1=NN(C(=O)c2ccccc2)C(=O)/C1=C/c1c(OCc2ccc(C)cc2)ccc2ccccc12. The topological polar surface area (TPSA) is 59.0 Å². The average molecular weight is 461 g/mol. The Balaban J connectivity index is 1.52. The van der Waals surface area contributed by atoms with E-state index in [-0.39, 0.29) is 0 Å². The summed E-state index contributed by atoms with van der Waals surface area (Å²) in [6, 6.07) is 28.7. The molecule has 1 aliphatic rings. The summed E-state index contributed by atoms with van der Waals surface area (Å²) >= 11 is 0. The molecular formula is C30H24N2O3. The molecule has 0 atom stereocenters. The van der Waals surface area contributed by atoms with Gasteiger partial charge in [-0.2, -0.15) is 10.1 Å². The number of amides is 2. The molecule has 0 spiro atoms. The number of rotatable bonds is 5. The molecule has 0 aromatic heterocycles. The van der Waals surface area contributed by atoms with E-state index >= 15 is 0 Å². The van der Waals surface area contributed by atoms with Crippen LogP contribution in [0.1, 0.15) is 34.0 Å². The zero-order valence-corrected chi connectivity index (χ0v) is 19.6. The maximum atomic E-state index is 13.3. The van der Waals surface area contributed by atoms with Gasteiger partial charge in [0.15, 0.2) is 0 Å². The molecule has 0 saturated carbocycles. The highest BCUT2D eigenvalue weighted by Gasteiger charge is 2.33. The van der Waals surface area contributed by atoms with Crippen LogP contribution in [0.4, 0.5) is 0 Å². The van der Waals surface area contributed by atoms with Gasteiger partial charge in [-0.3, -0.25) is 9.59 Å². The standard InChI is InChI=1S/C30H24N2O3/c1-20-12-14-22(15-13-20)19-35-28-17-16-23-8-6-7-11-25(23)27(28)18-26-21(2)31-32(30(26)34)29(33)24-9-4-3-5-10-24/h3-18H,19H2,1-2H3/b26-18+. The normalized spacial score (nSPS) is 14.5. The molecule has 0 aliphatic carbocycles. The predicted molar refractivity (Wildman–Crippen MR) is 138 cm³/mol. The van der Waals surface area contributed by atoms with Crippen LogP contribution in [-0.4, -0.2) is 22.5 Å². The minimum atomic E-state index is -0.452. The summed E-state index contributed by atoms with van der Waals surface area (Å²) in [5.74, 6) is -0.244. The van der Waals surface area contributed by atoms with Crippen LogP contribution in [0.25, 0.3) is 16.8 Å². The number of carbonyl (C=O) groups is 2. The highest BCUT2D eigenvalue weighted by molar-refractivity contribution is 6.31. The molecule has 5 rings (SSSR count). The largest absolute Gasteiger partial charge is 0.488 e. The number of hydrogen-bond donors (Lipinski definition) is 0. The van der Waals surface area contributed by atoms with Gasteiger partial charge in [-0.1, -0.05) is 78.4 Å². The fourth-order valence-electron chi connectivity index (χ4n) is 4.07. The number of benzene rings is 4. The summed E-state index contributed by atoms with van der Waals surface area (Å²) in [5.41, 5.74) is 4.28. The Morgan fingerprint density at radius 2 is 1.60 bits per heavy atom. The van der Waals surface area contributed by atoms with Crippen molar-refractivity contribution < 1.29 is 14.3 Å².